The second-order valence-corrected chi connectivity index (χ2v) is 15.2. The van der Waals surface area contributed by atoms with Crippen LogP contribution in [0, 0.1) is 5.41 Å². The van der Waals surface area contributed by atoms with Gasteiger partial charge in [0.1, 0.15) is 17.0 Å². The summed E-state index contributed by atoms with van der Waals surface area (Å²) in [4.78, 5) is 28.6. The predicted octanol–water partition coefficient (Wildman–Crippen LogP) is 5.53. The van der Waals surface area contributed by atoms with Crippen LogP contribution in [0.1, 0.15) is 59.9 Å². The SMILES string of the molecule is CC(C)(C)NS(=O)(=O)c1ccccc1-c1ccc(NC(=O)C2(Nc3cccc(C(=N)N)c3)CCN(C(=O)OC(C)(C)C)CC2)cc1. The number of nitrogens with zero attached hydrogens (tertiary/aromatic N) is 1. The molecule has 3 aromatic rings. The number of rotatable bonds is 8. The number of nitrogens with one attached hydrogen (secondary N) is 4. The van der Waals surface area contributed by atoms with E-state index in [0.717, 1.165) is 0 Å². The van der Waals surface area contributed by atoms with E-state index in [4.69, 9.17) is 15.9 Å². The first-order chi connectivity index (χ1) is 21.4. The van der Waals surface area contributed by atoms with E-state index >= 15 is 0 Å². The summed E-state index contributed by atoms with van der Waals surface area (Å²) in [5.41, 5.74) is 6.19. The molecule has 0 atom stereocenters. The number of anilines is 2. The van der Waals surface area contributed by atoms with E-state index in [2.05, 4.69) is 15.4 Å². The average molecular weight is 649 g/mol. The summed E-state index contributed by atoms with van der Waals surface area (Å²) < 4.78 is 34.6. The van der Waals surface area contributed by atoms with Crippen LogP contribution in [-0.4, -0.2) is 60.9 Å². The maximum absolute atomic E-state index is 14.0. The molecule has 6 N–H and O–H groups in total. The van der Waals surface area contributed by atoms with Crippen molar-refractivity contribution in [2.45, 2.75) is 76.0 Å². The zero-order chi connectivity index (χ0) is 33.9. The van der Waals surface area contributed by atoms with Gasteiger partial charge in [-0.1, -0.05) is 42.5 Å². The van der Waals surface area contributed by atoms with Gasteiger partial charge in [-0.3, -0.25) is 10.2 Å². The van der Waals surface area contributed by atoms with Crippen LogP contribution in [0.5, 0.6) is 0 Å². The molecule has 1 fully saturated rings. The van der Waals surface area contributed by atoms with Crippen molar-refractivity contribution < 1.29 is 22.7 Å². The summed E-state index contributed by atoms with van der Waals surface area (Å²) in [6.45, 7) is 11.4. The lowest BCUT2D eigenvalue weighted by Gasteiger charge is -2.42. The van der Waals surface area contributed by atoms with Gasteiger partial charge in [0.05, 0.1) is 4.90 Å². The Morgan fingerprint density at radius 1 is 0.891 bits per heavy atom. The van der Waals surface area contributed by atoms with Crippen molar-refractivity contribution in [2.24, 2.45) is 5.73 Å². The number of amidine groups is 1. The number of carbonyl (C=O) groups is 2. The number of piperidine rings is 1. The molecule has 0 unspecified atom stereocenters. The summed E-state index contributed by atoms with van der Waals surface area (Å²) in [5, 5.41) is 14.2. The first-order valence-corrected chi connectivity index (χ1v) is 16.6. The molecule has 1 heterocycles. The van der Waals surface area contributed by atoms with Crippen molar-refractivity contribution in [3.05, 3.63) is 78.4 Å². The summed E-state index contributed by atoms with van der Waals surface area (Å²) in [6, 6.07) is 20.8. The topological polar surface area (TPSA) is 167 Å². The van der Waals surface area contributed by atoms with Gasteiger partial charge < -0.3 is 26.0 Å². The number of benzene rings is 3. The highest BCUT2D eigenvalue weighted by Gasteiger charge is 2.43. The smallest absolute Gasteiger partial charge is 0.410 e. The first-order valence-electron chi connectivity index (χ1n) is 15.1. The third kappa shape index (κ3) is 8.64. The summed E-state index contributed by atoms with van der Waals surface area (Å²) in [7, 11) is -3.79. The Hall–Kier alpha value is -4.42. The number of ether oxygens (including phenoxy) is 1. The fourth-order valence-electron chi connectivity index (χ4n) is 5.23. The van der Waals surface area contributed by atoms with Crippen molar-refractivity contribution in [1.82, 2.24) is 9.62 Å². The van der Waals surface area contributed by atoms with Crippen molar-refractivity contribution in [1.29, 1.82) is 5.41 Å². The van der Waals surface area contributed by atoms with Gasteiger partial charge >= 0.3 is 6.09 Å². The van der Waals surface area contributed by atoms with Crippen LogP contribution in [-0.2, 0) is 19.6 Å². The van der Waals surface area contributed by atoms with Gasteiger partial charge in [-0.15, -0.1) is 0 Å². The maximum atomic E-state index is 14.0. The zero-order valence-electron chi connectivity index (χ0n) is 27.2. The van der Waals surface area contributed by atoms with Crippen LogP contribution in [0.25, 0.3) is 11.1 Å². The van der Waals surface area contributed by atoms with Gasteiger partial charge in [-0.2, -0.15) is 0 Å². The average Bonchev–Trinajstić information content (AvgIpc) is 2.96. The van der Waals surface area contributed by atoms with E-state index in [-0.39, 0.29) is 29.7 Å². The normalized spacial score (nSPS) is 15.1. The van der Waals surface area contributed by atoms with Crippen LogP contribution in [0.4, 0.5) is 16.2 Å². The fourth-order valence-corrected chi connectivity index (χ4v) is 6.88. The Bertz CT molecular complexity index is 1700. The molecule has 1 aliphatic rings. The Labute approximate surface area is 271 Å². The van der Waals surface area contributed by atoms with Crippen molar-refractivity contribution in [3.63, 3.8) is 0 Å². The largest absolute Gasteiger partial charge is 0.444 e. The minimum Gasteiger partial charge on any atom is -0.444 e. The molecule has 4 rings (SSSR count). The third-order valence-corrected chi connectivity index (χ3v) is 9.15. The van der Waals surface area contributed by atoms with Gasteiger partial charge in [0.25, 0.3) is 0 Å². The van der Waals surface area contributed by atoms with E-state index in [1.165, 1.54) is 0 Å². The van der Waals surface area contributed by atoms with Gasteiger partial charge in [0.15, 0.2) is 0 Å². The number of likely N-dealkylation sites (tertiary alicyclic amines) is 1. The molecule has 46 heavy (non-hydrogen) atoms. The molecule has 3 aromatic carbocycles. The minimum absolute atomic E-state index is 0.0921. The quantitative estimate of drug-likeness (QED) is 0.158. The third-order valence-electron chi connectivity index (χ3n) is 7.33. The van der Waals surface area contributed by atoms with Crippen molar-refractivity contribution in [2.75, 3.05) is 23.7 Å². The maximum Gasteiger partial charge on any atom is 0.410 e. The number of amides is 2. The molecule has 0 saturated carbocycles. The van der Waals surface area contributed by atoms with Crippen LogP contribution in [0.15, 0.2) is 77.7 Å². The monoisotopic (exact) mass is 648 g/mol. The molecular weight excluding hydrogens is 604 g/mol. The summed E-state index contributed by atoms with van der Waals surface area (Å²) in [5.74, 6) is -0.389. The molecule has 2 amide bonds. The van der Waals surface area contributed by atoms with E-state index in [1.807, 2.05) is 20.8 Å². The number of sulfonamides is 1. The van der Waals surface area contributed by atoms with Crippen molar-refractivity contribution >= 4 is 39.2 Å². The lowest BCUT2D eigenvalue weighted by molar-refractivity contribution is -0.121. The van der Waals surface area contributed by atoms with Crippen LogP contribution >= 0.6 is 0 Å². The van der Waals surface area contributed by atoms with Gasteiger partial charge in [-0.25, -0.2) is 17.9 Å². The standard InChI is InChI=1S/C34H44N6O5S/c1-32(2,3)39-46(43,44)28-13-8-7-12-27(28)23-14-16-25(17-15-23)37-30(41)34(38-26-11-9-10-24(22-26)29(35)36)18-20-40(21-19-34)31(42)45-33(4,5)6/h7-17,22,38-39H,18-21H2,1-6H3,(H3,35,36)(H,37,41). The van der Waals surface area contributed by atoms with Gasteiger partial charge in [-0.05, 0) is 90.3 Å². The lowest BCUT2D eigenvalue weighted by atomic mass is 9.85. The summed E-state index contributed by atoms with van der Waals surface area (Å²) in [6.07, 6.45) is 0.162. The zero-order valence-corrected chi connectivity index (χ0v) is 28.0. The molecule has 246 valence electrons. The van der Waals surface area contributed by atoms with Crippen molar-refractivity contribution in [3.8, 4) is 11.1 Å². The second kappa shape index (κ2) is 13.1. The van der Waals surface area contributed by atoms with E-state index < -0.39 is 32.8 Å². The molecule has 0 radical (unpaired) electrons. The molecule has 11 nitrogen and oxygen atoms in total. The highest BCUT2D eigenvalue weighted by Crippen LogP contribution is 2.32. The Morgan fingerprint density at radius 2 is 1.52 bits per heavy atom. The highest BCUT2D eigenvalue weighted by molar-refractivity contribution is 7.89. The summed E-state index contributed by atoms with van der Waals surface area (Å²) >= 11 is 0. The number of carbonyl (C=O) groups excluding carboxylic acids is 2. The molecular formula is C34H44N6O5S. The highest BCUT2D eigenvalue weighted by atomic mass is 32.2. The lowest BCUT2D eigenvalue weighted by Crippen LogP contribution is -2.57. The number of hydrogen-bond donors (Lipinski definition) is 5. The Balaban J connectivity index is 1.59. The van der Waals surface area contributed by atoms with Gasteiger partial charge in [0.2, 0.25) is 15.9 Å². The van der Waals surface area contributed by atoms with Crippen LogP contribution in [0.3, 0.4) is 0 Å². The number of nitrogen functional groups attached to an aromatic ring is 1. The first kappa shape index (κ1) is 34.5. The van der Waals surface area contributed by atoms with Crippen LogP contribution < -0.4 is 21.1 Å². The Morgan fingerprint density at radius 3 is 2.11 bits per heavy atom. The van der Waals surface area contributed by atoms with E-state index in [0.29, 0.717) is 40.9 Å². The number of nitrogens with two attached hydrogens (primary N) is 1. The second-order valence-electron chi connectivity index (χ2n) is 13.6. The minimum atomic E-state index is -3.79. The molecule has 0 bridgehead atoms. The van der Waals surface area contributed by atoms with Crippen LogP contribution in [0.2, 0.25) is 0 Å². The molecule has 0 aromatic heterocycles. The van der Waals surface area contributed by atoms with Gasteiger partial charge in [0, 0.05) is 41.1 Å². The Kier molecular flexibility index (Phi) is 9.83. The fraction of sp³-hybridized carbons (Fsp3) is 0.382. The van der Waals surface area contributed by atoms with E-state index in [9.17, 15) is 18.0 Å². The molecule has 0 aliphatic carbocycles. The predicted molar refractivity (Wildman–Crippen MR) is 181 cm³/mol. The molecule has 0 spiro atoms. The van der Waals surface area contributed by atoms with E-state index in [1.54, 1.807) is 98.5 Å². The molecule has 1 saturated heterocycles. The number of hydrogen-bond acceptors (Lipinski definition) is 7. The molecule has 12 heteroatoms. The molecule has 1 aliphatic heterocycles.